The topological polar surface area (TPSA) is 40.1 Å². The Kier molecular flexibility index (Phi) is 8.80. The van der Waals surface area contributed by atoms with Crippen LogP contribution in [0.15, 0.2) is 29.3 Å². The zero-order chi connectivity index (χ0) is 17.9. The van der Waals surface area contributed by atoms with Crippen LogP contribution in [0.25, 0.3) is 0 Å². The number of ether oxygens (including phenoxy) is 1. The molecule has 0 unspecified atom stereocenters. The number of methoxy groups -OCH3 is 1. The number of unbranched alkanes of at least 4 members (excludes halogenated alkanes) is 1. The summed E-state index contributed by atoms with van der Waals surface area (Å²) in [6, 6.07) is 8.26. The minimum absolute atomic E-state index is 0.912. The fourth-order valence-corrected chi connectivity index (χ4v) is 3.51. The predicted octanol–water partition coefficient (Wildman–Crippen LogP) is 2.93. The summed E-state index contributed by atoms with van der Waals surface area (Å²) in [6.07, 6.45) is 4.57. The molecule has 0 aromatic heterocycles. The van der Waals surface area contributed by atoms with Gasteiger partial charge in [-0.1, -0.05) is 12.1 Å². The number of hydrogen-bond acceptors (Lipinski definition) is 4. The summed E-state index contributed by atoms with van der Waals surface area (Å²) in [6.45, 7) is 7.89. The van der Waals surface area contributed by atoms with Crippen molar-refractivity contribution in [3.05, 3.63) is 24.3 Å². The van der Waals surface area contributed by atoms with Gasteiger partial charge in [0.15, 0.2) is 5.96 Å². The van der Waals surface area contributed by atoms with Crippen LogP contribution in [0.2, 0.25) is 0 Å². The Morgan fingerprint density at radius 2 is 1.96 bits per heavy atom. The summed E-state index contributed by atoms with van der Waals surface area (Å²) in [5, 5.41) is 3.45. The highest BCUT2D eigenvalue weighted by Gasteiger charge is 2.21. The van der Waals surface area contributed by atoms with Gasteiger partial charge in [0.05, 0.1) is 12.8 Å². The highest BCUT2D eigenvalue weighted by molar-refractivity contribution is 7.98. The van der Waals surface area contributed by atoms with E-state index in [1.165, 1.54) is 17.9 Å². The molecule has 1 N–H and O–H groups in total. The quantitative estimate of drug-likeness (QED) is 0.436. The fraction of sp³-hybridized carbons (Fsp3) is 0.632. The smallest absolute Gasteiger partial charge is 0.194 e. The van der Waals surface area contributed by atoms with Crippen molar-refractivity contribution in [3.8, 4) is 5.75 Å². The van der Waals surface area contributed by atoms with Crippen molar-refractivity contribution in [1.29, 1.82) is 0 Å². The molecule has 1 saturated heterocycles. The van der Waals surface area contributed by atoms with Crippen molar-refractivity contribution in [2.45, 2.75) is 19.8 Å². The minimum Gasteiger partial charge on any atom is -0.495 e. The number of guanidine groups is 1. The van der Waals surface area contributed by atoms with E-state index in [4.69, 9.17) is 9.73 Å². The molecule has 1 aromatic carbocycles. The monoisotopic (exact) mass is 364 g/mol. The van der Waals surface area contributed by atoms with Crippen molar-refractivity contribution < 1.29 is 4.74 Å². The van der Waals surface area contributed by atoms with Gasteiger partial charge >= 0.3 is 0 Å². The zero-order valence-electron chi connectivity index (χ0n) is 15.8. The number of aliphatic imine (C=N–C) groups is 1. The molecule has 0 saturated carbocycles. The molecule has 1 aromatic rings. The summed E-state index contributed by atoms with van der Waals surface area (Å²) in [5.41, 5.74) is 1.18. The standard InChI is InChI=1S/C19H32N4OS/c1-4-20-19(21-11-7-8-16-25-3)23-14-12-22(13-15-23)17-9-5-6-10-18(17)24-2/h5-6,9-10H,4,7-8,11-16H2,1-3H3,(H,20,21). The van der Waals surface area contributed by atoms with Crippen LogP contribution < -0.4 is 15.0 Å². The average Bonchev–Trinajstić information content (AvgIpc) is 2.67. The molecular weight excluding hydrogens is 332 g/mol. The highest BCUT2D eigenvalue weighted by atomic mass is 32.2. The van der Waals surface area contributed by atoms with Crippen LogP contribution in [0.4, 0.5) is 5.69 Å². The van der Waals surface area contributed by atoms with Crippen LogP contribution in [0.1, 0.15) is 19.8 Å². The maximum atomic E-state index is 5.50. The fourth-order valence-electron chi connectivity index (χ4n) is 3.02. The molecule has 0 radical (unpaired) electrons. The van der Waals surface area contributed by atoms with E-state index in [2.05, 4.69) is 40.4 Å². The Labute approximate surface area is 156 Å². The van der Waals surface area contributed by atoms with Gasteiger partial charge in [-0.2, -0.15) is 11.8 Å². The first-order valence-corrected chi connectivity index (χ1v) is 10.6. The molecule has 1 aliphatic heterocycles. The first kappa shape index (κ1) is 19.8. The molecule has 1 aliphatic rings. The predicted molar refractivity (Wildman–Crippen MR) is 110 cm³/mol. The molecule has 0 spiro atoms. The second-order valence-electron chi connectivity index (χ2n) is 6.08. The number of para-hydroxylation sites is 2. The molecule has 0 aliphatic carbocycles. The minimum atomic E-state index is 0.912. The summed E-state index contributed by atoms with van der Waals surface area (Å²) >= 11 is 1.91. The van der Waals surface area contributed by atoms with E-state index >= 15 is 0 Å². The molecule has 1 fully saturated rings. The summed E-state index contributed by atoms with van der Waals surface area (Å²) in [7, 11) is 1.74. The van der Waals surface area contributed by atoms with Crippen molar-refractivity contribution in [1.82, 2.24) is 10.2 Å². The molecule has 0 bridgehead atoms. The summed E-state index contributed by atoms with van der Waals surface area (Å²) < 4.78 is 5.50. The lowest BCUT2D eigenvalue weighted by atomic mass is 10.2. The third-order valence-corrected chi connectivity index (χ3v) is 5.06. The second kappa shape index (κ2) is 11.1. The number of anilines is 1. The Morgan fingerprint density at radius 1 is 1.20 bits per heavy atom. The van der Waals surface area contributed by atoms with E-state index in [1.807, 2.05) is 23.9 Å². The number of hydrogen-bond donors (Lipinski definition) is 1. The first-order valence-electron chi connectivity index (χ1n) is 9.20. The van der Waals surface area contributed by atoms with Crippen LogP contribution >= 0.6 is 11.8 Å². The number of thioether (sulfide) groups is 1. The Morgan fingerprint density at radius 3 is 2.64 bits per heavy atom. The van der Waals surface area contributed by atoms with Gasteiger partial charge in [-0.05, 0) is 43.9 Å². The second-order valence-corrected chi connectivity index (χ2v) is 7.07. The maximum Gasteiger partial charge on any atom is 0.194 e. The van der Waals surface area contributed by atoms with Gasteiger partial charge < -0.3 is 19.9 Å². The molecular formula is C19H32N4OS. The molecule has 140 valence electrons. The lowest BCUT2D eigenvalue weighted by molar-refractivity contribution is 0.367. The Balaban J connectivity index is 1.90. The molecule has 1 heterocycles. The lowest BCUT2D eigenvalue weighted by Gasteiger charge is -2.38. The van der Waals surface area contributed by atoms with Crippen molar-refractivity contribution >= 4 is 23.4 Å². The van der Waals surface area contributed by atoms with Gasteiger partial charge in [-0.25, -0.2) is 0 Å². The van der Waals surface area contributed by atoms with Gasteiger partial charge in [-0.15, -0.1) is 0 Å². The van der Waals surface area contributed by atoms with Crippen molar-refractivity contribution in [3.63, 3.8) is 0 Å². The van der Waals surface area contributed by atoms with Crippen molar-refractivity contribution in [2.24, 2.45) is 4.99 Å². The van der Waals surface area contributed by atoms with Gasteiger partial charge in [0.1, 0.15) is 5.75 Å². The largest absolute Gasteiger partial charge is 0.495 e. The molecule has 5 nitrogen and oxygen atoms in total. The third kappa shape index (κ3) is 6.03. The normalized spacial score (nSPS) is 15.4. The van der Waals surface area contributed by atoms with Gasteiger partial charge in [0, 0.05) is 39.3 Å². The Hall–Kier alpha value is -1.56. The van der Waals surface area contributed by atoms with E-state index in [-0.39, 0.29) is 0 Å². The van der Waals surface area contributed by atoms with Gasteiger partial charge in [0.2, 0.25) is 0 Å². The average molecular weight is 365 g/mol. The number of nitrogens with zero attached hydrogens (tertiary/aromatic N) is 3. The van der Waals surface area contributed by atoms with Crippen LogP contribution in [-0.2, 0) is 0 Å². The van der Waals surface area contributed by atoms with E-state index < -0.39 is 0 Å². The molecule has 0 atom stereocenters. The maximum absolute atomic E-state index is 5.50. The van der Waals surface area contributed by atoms with Crippen LogP contribution in [0.3, 0.4) is 0 Å². The number of piperazine rings is 1. The zero-order valence-corrected chi connectivity index (χ0v) is 16.6. The third-order valence-electron chi connectivity index (χ3n) is 4.36. The van der Waals surface area contributed by atoms with E-state index in [1.54, 1.807) is 7.11 Å². The highest BCUT2D eigenvalue weighted by Crippen LogP contribution is 2.28. The van der Waals surface area contributed by atoms with E-state index in [9.17, 15) is 0 Å². The molecule has 25 heavy (non-hydrogen) atoms. The lowest BCUT2D eigenvalue weighted by Crippen LogP contribution is -2.52. The summed E-state index contributed by atoms with van der Waals surface area (Å²) in [5.74, 6) is 3.24. The van der Waals surface area contributed by atoms with Crippen molar-refractivity contribution in [2.75, 3.05) is 63.3 Å². The summed E-state index contributed by atoms with van der Waals surface area (Å²) in [4.78, 5) is 9.60. The Bertz CT molecular complexity index is 530. The van der Waals surface area contributed by atoms with Crippen LogP contribution in [0.5, 0.6) is 5.75 Å². The van der Waals surface area contributed by atoms with E-state index in [0.717, 1.165) is 57.4 Å². The van der Waals surface area contributed by atoms with Gasteiger partial charge in [0.25, 0.3) is 0 Å². The first-order chi connectivity index (χ1) is 12.3. The number of benzene rings is 1. The number of rotatable bonds is 8. The van der Waals surface area contributed by atoms with E-state index in [0.29, 0.717) is 0 Å². The van der Waals surface area contributed by atoms with Crippen LogP contribution in [0, 0.1) is 0 Å². The molecule has 6 heteroatoms. The number of nitrogens with one attached hydrogen (secondary N) is 1. The molecule has 2 rings (SSSR count). The molecule has 0 amide bonds. The SMILES string of the molecule is CCNC(=NCCCCSC)N1CCN(c2ccccc2OC)CC1. The van der Waals surface area contributed by atoms with Crippen LogP contribution in [-0.4, -0.2) is 69.2 Å². The van der Waals surface area contributed by atoms with Gasteiger partial charge in [-0.3, -0.25) is 4.99 Å².